The molecule has 3 rings (SSSR count). The molecule has 0 unspecified atom stereocenters. The van der Waals surface area contributed by atoms with Crippen LogP contribution in [0, 0.1) is 0 Å². The molecule has 3 aromatic rings. The molecule has 0 atom stereocenters. The molecule has 0 saturated heterocycles. The molecule has 7 nitrogen and oxygen atoms in total. The summed E-state index contributed by atoms with van der Waals surface area (Å²) in [5, 5.41) is 9.28. The van der Waals surface area contributed by atoms with Crippen molar-refractivity contribution < 1.29 is 19.4 Å². The first-order chi connectivity index (χ1) is 15.0. The molecule has 1 N–H and O–H groups in total. The van der Waals surface area contributed by atoms with Crippen LogP contribution in [0.2, 0.25) is 0 Å². The number of carbonyl (C=O) groups is 1. The van der Waals surface area contributed by atoms with Crippen LogP contribution in [-0.2, 0) is 6.54 Å². The van der Waals surface area contributed by atoms with Crippen molar-refractivity contribution in [3.05, 3.63) is 63.6 Å². The van der Waals surface area contributed by atoms with Gasteiger partial charge in [0.25, 0.3) is 5.56 Å². The minimum atomic E-state index is -1.04. The number of fused-ring (bicyclic) bond motifs is 1. The van der Waals surface area contributed by atoms with E-state index in [0.29, 0.717) is 42.3 Å². The summed E-state index contributed by atoms with van der Waals surface area (Å²) in [4.78, 5) is 28.7. The van der Waals surface area contributed by atoms with Gasteiger partial charge in [0.15, 0.2) is 11.5 Å². The molecule has 0 radical (unpaired) electrons. The standard InChI is InChI=1S/C24H26N2O5/c1-4-14-31-22-16(8-7-9-21(22)30-6-3)10-12-18-23(27)26(5-2)20-13-11-17(24(28)29)15-19(20)25-18/h7-13,15H,4-6,14H2,1-3H3,(H,28,29)/b12-10+. The van der Waals surface area contributed by atoms with Gasteiger partial charge in [0.05, 0.1) is 29.8 Å². The van der Waals surface area contributed by atoms with Gasteiger partial charge in [-0.2, -0.15) is 0 Å². The number of aryl methyl sites for hydroxylation is 1. The first kappa shape index (κ1) is 22.1. The van der Waals surface area contributed by atoms with E-state index in [4.69, 9.17) is 9.47 Å². The molecule has 31 heavy (non-hydrogen) atoms. The number of carboxylic acid groups (broad SMARTS) is 1. The van der Waals surface area contributed by atoms with E-state index in [1.54, 1.807) is 22.8 Å². The Bertz CT molecular complexity index is 1180. The fraction of sp³-hybridized carbons (Fsp3) is 0.292. The van der Waals surface area contributed by atoms with Gasteiger partial charge in [-0.3, -0.25) is 4.79 Å². The molecule has 1 aromatic heterocycles. The Labute approximate surface area is 180 Å². The van der Waals surface area contributed by atoms with Crippen LogP contribution >= 0.6 is 0 Å². The highest BCUT2D eigenvalue weighted by Gasteiger charge is 2.13. The first-order valence-corrected chi connectivity index (χ1v) is 10.3. The van der Waals surface area contributed by atoms with Crippen molar-refractivity contribution in [1.29, 1.82) is 0 Å². The summed E-state index contributed by atoms with van der Waals surface area (Å²) in [5.74, 6) is 0.217. The van der Waals surface area contributed by atoms with Crippen LogP contribution in [-0.4, -0.2) is 33.8 Å². The van der Waals surface area contributed by atoms with E-state index in [-0.39, 0.29) is 16.8 Å². The van der Waals surface area contributed by atoms with Gasteiger partial charge in [-0.05, 0) is 56.7 Å². The predicted molar refractivity (Wildman–Crippen MR) is 121 cm³/mol. The van der Waals surface area contributed by atoms with Crippen LogP contribution in [0.15, 0.2) is 41.2 Å². The molecule has 1 heterocycles. The second-order valence-corrected chi connectivity index (χ2v) is 6.84. The summed E-state index contributed by atoms with van der Waals surface area (Å²) in [5.41, 5.74) is 1.91. The summed E-state index contributed by atoms with van der Waals surface area (Å²) in [7, 11) is 0. The van der Waals surface area contributed by atoms with Crippen LogP contribution in [0.4, 0.5) is 0 Å². The smallest absolute Gasteiger partial charge is 0.335 e. The summed E-state index contributed by atoms with van der Waals surface area (Å²) in [6, 6.07) is 10.2. The highest BCUT2D eigenvalue weighted by molar-refractivity contribution is 5.92. The van der Waals surface area contributed by atoms with Gasteiger partial charge in [-0.1, -0.05) is 19.1 Å². The molecule has 0 fully saturated rings. The summed E-state index contributed by atoms with van der Waals surface area (Å²) in [6.45, 7) is 7.28. The molecule has 0 aliphatic carbocycles. The number of benzene rings is 2. The summed E-state index contributed by atoms with van der Waals surface area (Å²) < 4.78 is 13.2. The van der Waals surface area contributed by atoms with Crippen LogP contribution in [0.1, 0.15) is 48.8 Å². The maximum atomic E-state index is 13.0. The van der Waals surface area contributed by atoms with E-state index in [1.807, 2.05) is 39.0 Å². The second-order valence-electron chi connectivity index (χ2n) is 6.84. The number of nitrogens with zero attached hydrogens (tertiary/aromatic N) is 2. The minimum absolute atomic E-state index is 0.121. The molecular formula is C24H26N2O5. The van der Waals surface area contributed by atoms with Gasteiger partial charge in [-0.25, -0.2) is 9.78 Å². The largest absolute Gasteiger partial charge is 0.490 e. The normalized spacial score (nSPS) is 11.2. The third-order valence-electron chi connectivity index (χ3n) is 4.72. The summed E-state index contributed by atoms with van der Waals surface area (Å²) >= 11 is 0. The third-order valence-corrected chi connectivity index (χ3v) is 4.72. The molecule has 0 amide bonds. The van der Waals surface area contributed by atoms with Crippen molar-refractivity contribution in [3.8, 4) is 11.5 Å². The van der Waals surface area contributed by atoms with Crippen LogP contribution in [0.3, 0.4) is 0 Å². The number of rotatable bonds is 9. The topological polar surface area (TPSA) is 90.6 Å². The zero-order valence-electron chi connectivity index (χ0n) is 17.9. The monoisotopic (exact) mass is 422 g/mol. The molecule has 0 aliphatic rings. The molecule has 0 aliphatic heterocycles. The molecule has 7 heteroatoms. The highest BCUT2D eigenvalue weighted by Crippen LogP contribution is 2.32. The predicted octanol–water partition coefficient (Wildman–Crippen LogP) is 4.47. The van der Waals surface area contributed by atoms with Crippen molar-refractivity contribution in [3.63, 3.8) is 0 Å². The lowest BCUT2D eigenvalue weighted by Crippen LogP contribution is -2.23. The number of aromatic nitrogens is 2. The SMILES string of the molecule is CCCOc1c(/C=C/c2nc3cc(C(=O)O)ccc3n(CC)c2=O)cccc1OCC. The fourth-order valence-corrected chi connectivity index (χ4v) is 3.28. The Hall–Kier alpha value is -3.61. The molecule has 0 saturated carbocycles. The Morgan fingerprint density at radius 1 is 1.13 bits per heavy atom. The quantitative estimate of drug-likeness (QED) is 0.547. The van der Waals surface area contributed by atoms with Gasteiger partial charge in [0.2, 0.25) is 0 Å². The van der Waals surface area contributed by atoms with E-state index in [0.717, 1.165) is 12.0 Å². The van der Waals surface area contributed by atoms with Crippen molar-refractivity contribution in [2.24, 2.45) is 0 Å². The van der Waals surface area contributed by atoms with E-state index in [2.05, 4.69) is 4.98 Å². The maximum Gasteiger partial charge on any atom is 0.335 e. The van der Waals surface area contributed by atoms with Crippen LogP contribution in [0.25, 0.3) is 23.2 Å². The van der Waals surface area contributed by atoms with E-state index in [9.17, 15) is 14.7 Å². The molecule has 0 spiro atoms. The second kappa shape index (κ2) is 9.93. The van der Waals surface area contributed by atoms with Gasteiger partial charge >= 0.3 is 5.97 Å². The third kappa shape index (κ3) is 4.77. The first-order valence-electron chi connectivity index (χ1n) is 10.3. The van der Waals surface area contributed by atoms with Gasteiger partial charge in [-0.15, -0.1) is 0 Å². The number of ether oxygens (including phenoxy) is 2. The summed E-state index contributed by atoms with van der Waals surface area (Å²) in [6.07, 6.45) is 4.25. The van der Waals surface area contributed by atoms with E-state index >= 15 is 0 Å². The molecule has 2 aromatic carbocycles. The zero-order valence-corrected chi connectivity index (χ0v) is 17.9. The maximum absolute atomic E-state index is 13.0. The molecule has 162 valence electrons. The van der Waals surface area contributed by atoms with Crippen molar-refractivity contribution in [2.45, 2.75) is 33.7 Å². The Morgan fingerprint density at radius 2 is 1.94 bits per heavy atom. The molecular weight excluding hydrogens is 396 g/mol. The van der Waals surface area contributed by atoms with E-state index < -0.39 is 5.97 Å². The van der Waals surface area contributed by atoms with Crippen LogP contribution in [0.5, 0.6) is 11.5 Å². The Balaban J connectivity index is 2.10. The number of aromatic carboxylic acids is 1. The fourth-order valence-electron chi connectivity index (χ4n) is 3.28. The van der Waals surface area contributed by atoms with Gasteiger partial charge < -0.3 is 19.1 Å². The lowest BCUT2D eigenvalue weighted by Gasteiger charge is -2.14. The lowest BCUT2D eigenvalue weighted by atomic mass is 10.1. The number of carboxylic acids is 1. The molecule has 0 bridgehead atoms. The highest BCUT2D eigenvalue weighted by atomic mass is 16.5. The van der Waals surface area contributed by atoms with E-state index in [1.165, 1.54) is 12.1 Å². The van der Waals surface area contributed by atoms with Crippen molar-refractivity contribution in [2.75, 3.05) is 13.2 Å². The van der Waals surface area contributed by atoms with Crippen molar-refractivity contribution in [1.82, 2.24) is 9.55 Å². The van der Waals surface area contributed by atoms with Gasteiger partial charge in [0.1, 0.15) is 5.69 Å². The number of hydrogen-bond acceptors (Lipinski definition) is 5. The van der Waals surface area contributed by atoms with Crippen molar-refractivity contribution >= 4 is 29.2 Å². The van der Waals surface area contributed by atoms with Gasteiger partial charge in [0, 0.05) is 12.1 Å². The Morgan fingerprint density at radius 3 is 2.61 bits per heavy atom. The average molecular weight is 422 g/mol. The lowest BCUT2D eigenvalue weighted by molar-refractivity contribution is 0.0697. The van der Waals surface area contributed by atoms with Crippen LogP contribution < -0.4 is 15.0 Å². The average Bonchev–Trinajstić information content (AvgIpc) is 2.77. The Kier molecular flexibility index (Phi) is 7.07. The number of hydrogen-bond donors (Lipinski definition) is 1. The number of para-hydroxylation sites is 1. The minimum Gasteiger partial charge on any atom is -0.490 e. The zero-order chi connectivity index (χ0) is 22.4.